The Morgan fingerprint density at radius 1 is 1.46 bits per heavy atom. The number of hydrogen-bond donors (Lipinski definition) is 3. The van der Waals surface area contributed by atoms with Gasteiger partial charge < -0.3 is 15.5 Å². The molecule has 0 aromatic rings. The number of carbonyl (C=O) groups excluding carboxylic acids is 2. The second-order valence-corrected chi connectivity index (χ2v) is 2.67. The summed E-state index contributed by atoms with van der Waals surface area (Å²) in [6, 6.07) is 0. The molecule has 0 heterocycles. The third-order valence-electron chi connectivity index (χ3n) is 1.52. The van der Waals surface area contributed by atoms with E-state index in [1.165, 1.54) is 0 Å². The Labute approximate surface area is 76.8 Å². The largest absolute Gasteiger partial charge is 0.393 e. The van der Waals surface area contributed by atoms with Crippen LogP contribution >= 0.6 is 0 Å². The summed E-state index contributed by atoms with van der Waals surface area (Å²) in [6.07, 6.45) is 0.104. The number of aliphatic hydroxyl groups is 2. The molecular weight excluding hydrogens is 174 g/mol. The van der Waals surface area contributed by atoms with Crippen molar-refractivity contribution in [3.05, 3.63) is 0 Å². The van der Waals surface area contributed by atoms with Gasteiger partial charge in [-0.2, -0.15) is 0 Å². The lowest BCUT2D eigenvalue weighted by molar-refractivity contribution is -0.143. The van der Waals surface area contributed by atoms with Crippen molar-refractivity contribution in [2.75, 3.05) is 13.2 Å². The van der Waals surface area contributed by atoms with Gasteiger partial charge in [-0.1, -0.05) is 13.3 Å². The summed E-state index contributed by atoms with van der Waals surface area (Å²) in [4.78, 5) is 21.7. The lowest BCUT2D eigenvalue weighted by Crippen LogP contribution is -2.39. The zero-order valence-corrected chi connectivity index (χ0v) is 7.62. The lowest BCUT2D eigenvalue weighted by Gasteiger charge is -2.06. The Kier molecular flexibility index (Phi) is 6.09. The van der Waals surface area contributed by atoms with Gasteiger partial charge >= 0.3 is 0 Å². The number of rotatable bonds is 6. The van der Waals surface area contributed by atoms with E-state index >= 15 is 0 Å². The Morgan fingerprint density at radius 2 is 2.08 bits per heavy atom. The average molecular weight is 189 g/mol. The molecule has 0 aliphatic heterocycles. The number of nitrogens with one attached hydrogen (secondary N) is 1. The molecule has 0 fully saturated rings. The van der Waals surface area contributed by atoms with Crippen molar-refractivity contribution in [2.45, 2.75) is 25.9 Å². The van der Waals surface area contributed by atoms with E-state index in [1.54, 1.807) is 0 Å². The predicted molar refractivity (Wildman–Crippen MR) is 46.0 cm³/mol. The first-order chi connectivity index (χ1) is 6.13. The smallest absolute Gasteiger partial charge is 0.290 e. The van der Waals surface area contributed by atoms with Crippen LogP contribution in [0.3, 0.4) is 0 Å². The topological polar surface area (TPSA) is 86.6 Å². The van der Waals surface area contributed by atoms with Crippen LogP contribution in [-0.4, -0.2) is 41.2 Å². The first-order valence-corrected chi connectivity index (χ1v) is 4.24. The number of ketones is 1. The summed E-state index contributed by atoms with van der Waals surface area (Å²) in [7, 11) is 0. The Balaban J connectivity index is 3.76. The highest BCUT2D eigenvalue weighted by molar-refractivity contribution is 6.37. The average Bonchev–Trinajstić information content (AvgIpc) is 2.15. The molecule has 0 aromatic heterocycles. The maximum absolute atomic E-state index is 10.9. The number of aliphatic hydroxyl groups excluding tert-OH is 2. The molecule has 5 heteroatoms. The molecule has 1 amide bonds. The SMILES string of the molecule is CCCCNC(=O)C(=O)C(O)CO. The molecule has 0 spiro atoms. The van der Waals surface area contributed by atoms with Gasteiger partial charge in [0.1, 0.15) is 6.10 Å². The third kappa shape index (κ3) is 4.59. The van der Waals surface area contributed by atoms with Gasteiger partial charge in [0.05, 0.1) is 6.61 Å². The van der Waals surface area contributed by atoms with E-state index in [9.17, 15) is 9.59 Å². The molecule has 0 radical (unpaired) electrons. The quantitative estimate of drug-likeness (QED) is 0.363. The summed E-state index contributed by atoms with van der Waals surface area (Å²) in [5, 5.41) is 19.5. The molecule has 76 valence electrons. The summed E-state index contributed by atoms with van der Waals surface area (Å²) in [5.41, 5.74) is 0. The van der Waals surface area contributed by atoms with Gasteiger partial charge in [0.15, 0.2) is 0 Å². The van der Waals surface area contributed by atoms with Crippen LogP contribution < -0.4 is 5.32 Å². The molecular formula is C8H15NO4. The van der Waals surface area contributed by atoms with Crippen LogP contribution in [0.2, 0.25) is 0 Å². The van der Waals surface area contributed by atoms with E-state index in [2.05, 4.69) is 5.32 Å². The van der Waals surface area contributed by atoms with Crippen LogP contribution in [0.5, 0.6) is 0 Å². The molecule has 0 rings (SSSR count). The zero-order valence-electron chi connectivity index (χ0n) is 7.62. The molecule has 1 atom stereocenters. The lowest BCUT2D eigenvalue weighted by atomic mass is 10.2. The van der Waals surface area contributed by atoms with Crippen molar-refractivity contribution >= 4 is 11.7 Å². The van der Waals surface area contributed by atoms with Crippen molar-refractivity contribution < 1.29 is 19.8 Å². The first-order valence-electron chi connectivity index (χ1n) is 4.24. The predicted octanol–water partition coefficient (Wildman–Crippen LogP) is -1.18. The van der Waals surface area contributed by atoms with E-state index in [0.717, 1.165) is 12.8 Å². The number of unbranched alkanes of at least 4 members (excludes halogenated alkanes) is 1. The summed E-state index contributed by atoms with van der Waals surface area (Å²) >= 11 is 0. The van der Waals surface area contributed by atoms with E-state index in [-0.39, 0.29) is 0 Å². The van der Waals surface area contributed by atoms with Crippen molar-refractivity contribution in [3.63, 3.8) is 0 Å². The minimum atomic E-state index is -1.60. The van der Waals surface area contributed by atoms with Crippen LogP contribution in [0, 0.1) is 0 Å². The molecule has 0 saturated heterocycles. The normalized spacial score (nSPS) is 12.2. The summed E-state index contributed by atoms with van der Waals surface area (Å²) < 4.78 is 0. The fourth-order valence-electron chi connectivity index (χ4n) is 0.700. The zero-order chi connectivity index (χ0) is 10.3. The molecule has 0 bridgehead atoms. The number of hydrogen-bond acceptors (Lipinski definition) is 4. The van der Waals surface area contributed by atoms with Crippen LogP contribution in [0.4, 0.5) is 0 Å². The van der Waals surface area contributed by atoms with Gasteiger partial charge in [-0.05, 0) is 6.42 Å². The Hall–Kier alpha value is -0.940. The first kappa shape index (κ1) is 12.1. The van der Waals surface area contributed by atoms with Crippen molar-refractivity contribution in [2.24, 2.45) is 0 Å². The minimum absolute atomic E-state index is 0.416. The molecule has 0 saturated carbocycles. The summed E-state index contributed by atoms with van der Waals surface area (Å²) in [6.45, 7) is 1.65. The minimum Gasteiger partial charge on any atom is -0.393 e. The van der Waals surface area contributed by atoms with Crippen molar-refractivity contribution in [3.8, 4) is 0 Å². The molecule has 13 heavy (non-hydrogen) atoms. The maximum atomic E-state index is 10.9. The van der Waals surface area contributed by atoms with E-state index in [0.29, 0.717) is 6.54 Å². The van der Waals surface area contributed by atoms with Crippen LogP contribution in [-0.2, 0) is 9.59 Å². The van der Waals surface area contributed by atoms with Gasteiger partial charge in [-0.25, -0.2) is 0 Å². The molecule has 3 N–H and O–H groups in total. The second kappa shape index (κ2) is 6.56. The Morgan fingerprint density at radius 3 is 2.54 bits per heavy atom. The van der Waals surface area contributed by atoms with E-state index < -0.39 is 24.4 Å². The number of amides is 1. The highest BCUT2D eigenvalue weighted by Gasteiger charge is 2.21. The van der Waals surface area contributed by atoms with Gasteiger partial charge in [0.2, 0.25) is 0 Å². The molecule has 0 aliphatic rings. The van der Waals surface area contributed by atoms with Gasteiger partial charge in [-0.15, -0.1) is 0 Å². The van der Waals surface area contributed by atoms with Crippen molar-refractivity contribution in [1.82, 2.24) is 5.32 Å². The van der Waals surface area contributed by atoms with E-state index in [1.807, 2.05) is 6.92 Å². The molecule has 5 nitrogen and oxygen atoms in total. The van der Waals surface area contributed by atoms with Crippen LogP contribution in [0.1, 0.15) is 19.8 Å². The van der Waals surface area contributed by atoms with Crippen LogP contribution in [0.25, 0.3) is 0 Å². The Bertz CT molecular complexity index is 181. The highest BCUT2D eigenvalue weighted by atomic mass is 16.3. The maximum Gasteiger partial charge on any atom is 0.290 e. The fourth-order valence-corrected chi connectivity index (χ4v) is 0.700. The van der Waals surface area contributed by atoms with Gasteiger partial charge in [0, 0.05) is 6.54 Å². The fraction of sp³-hybridized carbons (Fsp3) is 0.750. The van der Waals surface area contributed by atoms with Crippen LogP contribution in [0.15, 0.2) is 0 Å². The second-order valence-electron chi connectivity index (χ2n) is 2.67. The standard InChI is InChI=1S/C8H15NO4/c1-2-3-4-9-8(13)7(12)6(11)5-10/h6,10-11H,2-5H2,1H3,(H,9,13). The van der Waals surface area contributed by atoms with Crippen molar-refractivity contribution in [1.29, 1.82) is 0 Å². The molecule has 0 aromatic carbocycles. The number of Topliss-reactive ketones (excluding diaryl/α,β-unsaturated/α-hetero) is 1. The monoisotopic (exact) mass is 189 g/mol. The number of carbonyl (C=O) groups is 2. The molecule has 0 aliphatic carbocycles. The van der Waals surface area contributed by atoms with Gasteiger partial charge in [-0.3, -0.25) is 9.59 Å². The summed E-state index contributed by atoms with van der Waals surface area (Å²) in [5.74, 6) is -1.83. The molecule has 1 unspecified atom stereocenters. The van der Waals surface area contributed by atoms with Gasteiger partial charge in [0.25, 0.3) is 11.7 Å². The highest BCUT2D eigenvalue weighted by Crippen LogP contribution is 1.87. The third-order valence-corrected chi connectivity index (χ3v) is 1.52. The van der Waals surface area contributed by atoms with E-state index in [4.69, 9.17) is 10.2 Å².